The molecule has 1 aromatic heterocycles. The molecular weight excluding hydrogens is 484 g/mol. The summed E-state index contributed by atoms with van der Waals surface area (Å²) in [6.45, 7) is -0.118. The lowest BCUT2D eigenvalue weighted by Gasteiger charge is -2.36. The summed E-state index contributed by atoms with van der Waals surface area (Å²) < 4.78 is 34.8. The molecular formula is C27H25F2N3O5. The molecule has 5 rings (SSSR count). The summed E-state index contributed by atoms with van der Waals surface area (Å²) >= 11 is 0. The van der Waals surface area contributed by atoms with Gasteiger partial charge in [-0.2, -0.15) is 0 Å². The van der Waals surface area contributed by atoms with E-state index in [2.05, 4.69) is 5.32 Å². The molecule has 0 saturated heterocycles. The summed E-state index contributed by atoms with van der Waals surface area (Å²) in [7, 11) is 1.61. The number of rotatable bonds is 7. The zero-order valence-electron chi connectivity index (χ0n) is 20.0. The van der Waals surface area contributed by atoms with Crippen LogP contribution in [0.3, 0.4) is 0 Å². The van der Waals surface area contributed by atoms with Crippen LogP contribution in [0.25, 0.3) is 0 Å². The van der Waals surface area contributed by atoms with Crippen LogP contribution in [0.1, 0.15) is 38.4 Å². The second-order valence-electron chi connectivity index (χ2n) is 9.46. The van der Waals surface area contributed by atoms with E-state index in [1.807, 2.05) is 18.2 Å². The van der Waals surface area contributed by atoms with Crippen LogP contribution >= 0.6 is 0 Å². The lowest BCUT2D eigenvalue weighted by Crippen LogP contribution is -2.48. The van der Waals surface area contributed by atoms with Crippen molar-refractivity contribution in [1.82, 2.24) is 14.8 Å². The summed E-state index contributed by atoms with van der Waals surface area (Å²) in [5, 5.41) is 12.4. The first kappa shape index (κ1) is 24.6. The van der Waals surface area contributed by atoms with Crippen LogP contribution in [0.15, 0.2) is 59.5 Å². The van der Waals surface area contributed by atoms with E-state index < -0.39 is 34.4 Å². The normalized spacial score (nSPS) is 20.1. The van der Waals surface area contributed by atoms with Crippen LogP contribution in [-0.4, -0.2) is 46.6 Å². The number of ether oxygens (including phenoxy) is 1. The highest BCUT2D eigenvalue weighted by Gasteiger charge is 2.60. The van der Waals surface area contributed by atoms with Crippen molar-refractivity contribution in [1.29, 1.82) is 0 Å². The van der Waals surface area contributed by atoms with Gasteiger partial charge in [0, 0.05) is 50.5 Å². The maximum atomic E-state index is 14.1. The predicted molar refractivity (Wildman–Crippen MR) is 129 cm³/mol. The molecule has 1 saturated carbocycles. The van der Waals surface area contributed by atoms with Crippen molar-refractivity contribution in [2.45, 2.75) is 25.1 Å². The highest BCUT2D eigenvalue weighted by molar-refractivity contribution is 5.99. The van der Waals surface area contributed by atoms with Gasteiger partial charge in [-0.25, -0.2) is 8.78 Å². The molecule has 192 valence electrons. The van der Waals surface area contributed by atoms with Gasteiger partial charge < -0.3 is 24.6 Å². The number of fused-ring (bicyclic) bond motifs is 2. The third kappa shape index (κ3) is 4.37. The quantitative estimate of drug-likeness (QED) is 0.510. The highest BCUT2D eigenvalue weighted by Crippen LogP contribution is 2.53. The molecule has 2 atom stereocenters. The number of halogens is 2. The maximum Gasteiger partial charge on any atom is 0.274 e. The van der Waals surface area contributed by atoms with Crippen molar-refractivity contribution in [3.63, 3.8) is 0 Å². The predicted octanol–water partition coefficient (Wildman–Crippen LogP) is 2.43. The topological polar surface area (TPSA) is 101 Å². The molecule has 2 aliphatic rings. The van der Waals surface area contributed by atoms with Crippen molar-refractivity contribution < 1.29 is 28.2 Å². The number of aliphatic hydroxyl groups excluding tert-OH is 1. The first-order chi connectivity index (χ1) is 17.7. The van der Waals surface area contributed by atoms with Crippen molar-refractivity contribution >= 4 is 11.8 Å². The van der Waals surface area contributed by atoms with Gasteiger partial charge >= 0.3 is 0 Å². The summed E-state index contributed by atoms with van der Waals surface area (Å²) in [6.07, 6.45) is 1.88. The Labute approximate surface area is 211 Å². The second-order valence-corrected chi connectivity index (χ2v) is 9.46. The number of carbonyl (C=O) groups is 2. The van der Waals surface area contributed by atoms with Gasteiger partial charge in [0.05, 0.1) is 5.54 Å². The Hall–Kier alpha value is -4.05. The largest absolute Gasteiger partial charge is 0.483 e. The Morgan fingerprint density at radius 3 is 2.62 bits per heavy atom. The minimum absolute atomic E-state index is 0.0115. The molecule has 1 spiro atoms. The zero-order chi connectivity index (χ0) is 26.3. The van der Waals surface area contributed by atoms with Gasteiger partial charge in [-0.1, -0.05) is 36.4 Å². The number of pyridine rings is 1. The van der Waals surface area contributed by atoms with Gasteiger partial charge in [-0.15, -0.1) is 0 Å². The molecule has 37 heavy (non-hydrogen) atoms. The molecule has 2 amide bonds. The number of likely N-dealkylation sites (N-methyl/N-ethyl adjacent to an activating group) is 1. The van der Waals surface area contributed by atoms with Gasteiger partial charge in [0.25, 0.3) is 11.8 Å². The zero-order valence-corrected chi connectivity index (χ0v) is 20.0. The van der Waals surface area contributed by atoms with Crippen molar-refractivity contribution in [2.75, 3.05) is 20.2 Å². The van der Waals surface area contributed by atoms with Crippen LogP contribution in [0.4, 0.5) is 8.78 Å². The average molecular weight is 510 g/mol. The minimum Gasteiger partial charge on any atom is -0.483 e. The fraction of sp³-hybridized carbons (Fsp3) is 0.296. The SMILES string of the molecule is CN1C[C@@]2(C[C@H]2CO)n2cc(C(=O)NCc3ccc(F)cc3F)c(=O)c(OCc3ccccc3)c2C1=O. The Balaban J connectivity index is 1.55. The average Bonchev–Trinajstić information content (AvgIpc) is 3.59. The number of aliphatic hydroxyl groups is 1. The highest BCUT2D eigenvalue weighted by atomic mass is 19.1. The van der Waals surface area contributed by atoms with Crippen molar-refractivity contribution in [2.24, 2.45) is 5.92 Å². The molecule has 3 aromatic rings. The standard InChI is InChI=1S/C27H25F2N3O5/c1-31-15-27(10-18(27)13-33)32-12-20(25(35)30-11-17-7-8-19(28)9-21(17)29)23(34)24(22(32)26(31)36)37-14-16-5-3-2-4-6-16/h2-9,12,18,33H,10-11,13-15H2,1H3,(H,30,35)/t18-,27+/m0/s1. The molecule has 1 fully saturated rings. The molecule has 2 heterocycles. The molecule has 8 nitrogen and oxygen atoms in total. The number of nitrogens with zero attached hydrogens (tertiary/aromatic N) is 2. The molecule has 2 aromatic carbocycles. The van der Waals surface area contributed by atoms with Gasteiger partial charge in [0.1, 0.15) is 23.8 Å². The van der Waals surface area contributed by atoms with E-state index in [0.717, 1.165) is 11.6 Å². The number of benzene rings is 2. The van der Waals surface area contributed by atoms with Crippen molar-refractivity contribution in [3.8, 4) is 5.75 Å². The Morgan fingerprint density at radius 2 is 1.95 bits per heavy atom. The Bertz CT molecular complexity index is 1440. The van der Waals surface area contributed by atoms with E-state index in [9.17, 15) is 28.3 Å². The van der Waals surface area contributed by atoms with Crippen LogP contribution < -0.4 is 15.5 Å². The van der Waals surface area contributed by atoms with Crippen LogP contribution in [0.5, 0.6) is 5.75 Å². The first-order valence-electron chi connectivity index (χ1n) is 11.8. The van der Waals surface area contributed by atoms with E-state index in [-0.39, 0.29) is 48.2 Å². The smallest absolute Gasteiger partial charge is 0.274 e. The van der Waals surface area contributed by atoms with Gasteiger partial charge in [0.15, 0.2) is 11.4 Å². The second kappa shape index (κ2) is 9.44. The Kier molecular flexibility index (Phi) is 6.28. The lowest BCUT2D eigenvalue weighted by molar-refractivity contribution is 0.0668. The van der Waals surface area contributed by atoms with Crippen molar-refractivity contribution in [3.05, 3.63) is 99.0 Å². The molecule has 0 radical (unpaired) electrons. The van der Waals surface area contributed by atoms with E-state index in [1.54, 1.807) is 23.7 Å². The Morgan fingerprint density at radius 1 is 1.19 bits per heavy atom. The number of hydrogen-bond donors (Lipinski definition) is 2. The molecule has 0 unspecified atom stereocenters. The lowest BCUT2D eigenvalue weighted by atomic mass is 10.0. The van der Waals surface area contributed by atoms with E-state index in [0.29, 0.717) is 19.0 Å². The molecule has 10 heteroatoms. The number of amides is 2. The molecule has 1 aliphatic heterocycles. The summed E-state index contributed by atoms with van der Waals surface area (Å²) in [5.41, 5.74) is -0.915. The molecule has 2 N–H and O–H groups in total. The van der Waals surface area contributed by atoms with Gasteiger partial charge in [-0.3, -0.25) is 14.4 Å². The summed E-state index contributed by atoms with van der Waals surface area (Å²) in [5.74, 6) is -3.24. The van der Waals surface area contributed by atoms with E-state index >= 15 is 0 Å². The van der Waals surface area contributed by atoms with E-state index in [4.69, 9.17) is 4.74 Å². The molecule has 1 aliphatic carbocycles. The fourth-order valence-corrected chi connectivity index (χ4v) is 4.93. The third-order valence-electron chi connectivity index (χ3n) is 7.05. The number of nitrogens with one attached hydrogen (secondary N) is 1. The van der Waals surface area contributed by atoms with Crippen LogP contribution in [0, 0.1) is 17.6 Å². The molecule has 0 bridgehead atoms. The monoisotopic (exact) mass is 509 g/mol. The third-order valence-corrected chi connectivity index (χ3v) is 7.05. The summed E-state index contributed by atoms with van der Waals surface area (Å²) in [6, 6.07) is 12.0. The van der Waals surface area contributed by atoms with Gasteiger partial charge in [0.2, 0.25) is 5.43 Å². The minimum atomic E-state index is -0.828. The summed E-state index contributed by atoms with van der Waals surface area (Å²) in [4.78, 5) is 41.4. The number of hydrogen-bond acceptors (Lipinski definition) is 5. The number of carbonyl (C=O) groups excluding carboxylic acids is 2. The van der Waals surface area contributed by atoms with E-state index in [1.165, 1.54) is 17.2 Å². The van der Waals surface area contributed by atoms with Gasteiger partial charge in [-0.05, 0) is 18.1 Å². The number of aromatic nitrogens is 1. The first-order valence-corrected chi connectivity index (χ1v) is 11.8. The van der Waals surface area contributed by atoms with Crippen LogP contribution in [-0.2, 0) is 18.7 Å². The maximum absolute atomic E-state index is 14.1. The van der Waals surface area contributed by atoms with Crippen LogP contribution in [0.2, 0.25) is 0 Å². The fourth-order valence-electron chi connectivity index (χ4n) is 4.93.